The van der Waals surface area contributed by atoms with Gasteiger partial charge in [-0.05, 0) is 60.5 Å². The van der Waals surface area contributed by atoms with Gasteiger partial charge in [0.25, 0.3) is 11.7 Å². The van der Waals surface area contributed by atoms with Crippen molar-refractivity contribution in [3.63, 3.8) is 0 Å². The maximum absolute atomic E-state index is 13.1. The second-order valence-corrected chi connectivity index (χ2v) is 8.05. The lowest BCUT2D eigenvalue weighted by Gasteiger charge is -2.24. The topological polar surface area (TPSA) is 100 Å². The number of nitrogens with zero attached hydrogens (tertiary/aromatic N) is 1. The number of benzene rings is 2. The Morgan fingerprint density at radius 1 is 1.12 bits per heavy atom. The van der Waals surface area contributed by atoms with Crippen molar-refractivity contribution in [3.8, 4) is 11.5 Å². The molecule has 0 aliphatic carbocycles. The number of carbonyl (C=O) groups is 2. The number of likely N-dealkylation sites (tertiary alicyclic amines) is 1. The van der Waals surface area contributed by atoms with Crippen LogP contribution in [-0.2, 0) is 22.6 Å². The molecule has 2 N–H and O–H groups in total. The quantitative estimate of drug-likeness (QED) is 0.369. The summed E-state index contributed by atoms with van der Waals surface area (Å²) in [4.78, 5) is 27.4. The first kappa shape index (κ1) is 19.9. The average Bonchev–Trinajstić information content (AvgIpc) is 3.48. The van der Waals surface area contributed by atoms with Gasteiger partial charge in [0.15, 0.2) is 0 Å². The number of furan rings is 1. The lowest BCUT2D eigenvalue weighted by Crippen LogP contribution is -2.29. The summed E-state index contributed by atoms with van der Waals surface area (Å²) in [5, 5.41) is 20.9. The molecule has 2 aromatic carbocycles. The van der Waals surface area contributed by atoms with Crippen LogP contribution in [-0.4, -0.2) is 32.9 Å². The van der Waals surface area contributed by atoms with Crippen molar-refractivity contribution in [1.82, 2.24) is 4.90 Å². The van der Waals surface area contributed by atoms with Crippen LogP contribution in [0.15, 0.2) is 70.9 Å². The van der Waals surface area contributed by atoms with Crippen molar-refractivity contribution >= 4 is 17.4 Å². The number of ether oxygens (including phenoxy) is 1. The molecule has 3 heterocycles. The molecule has 1 saturated heterocycles. The third-order valence-corrected chi connectivity index (χ3v) is 5.82. The highest BCUT2D eigenvalue weighted by Gasteiger charge is 2.46. The lowest BCUT2D eigenvalue weighted by molar-refractivity contribution is -0.140. The molecule has 1 amide bonds. The van der Waals surface area contributed by atoms with Gasteiger partial charge in [-0.25, -0.2) is 0 Å². The molecule has 2 aliphatic rings. The molecule has 0 saturated carbocycles. The number of amides is 1. The molecule has 7 heteroatoms. The third kappa shape index (κ3) is 3.32. The Morgan fingerprint density at radius 2 is 1.91 bits per heavy atom. The predicted molar refractivity (Wildman–Crippen MR) is 115 cm³/mol. The van der Waals surface area contributed by atoms with Crippen molar-refractivity contribution in [1.29, 1.82) is 0 Å². The number of carbonyl (C=O) groups excluding carboxylic acids is 2. The number of ketones is 1. The minimum Gasteiger partial charge on any atom is -0.508 e. The summed E-state index contributed by atoms with van der Waals surface area (Å²) in [7, 11) is 0. The van der Waals surface area contributed by atoms with E-state index in [4.69, 9.17) is 9.15 Å². The number of hydrogen-bond donors (Lipinski definition) is 2. The number of aliphatic hydroxyl groups is 1. The number of phenols is 1. The lowest BCUT2D eigenvalue weighted by atomic mass is 9.94. The molecule has 1 aromatic heterocycles. The Morgan fingerprint density at radius 3 is 2.62 bits per heavy atom. The Balaban J connectivity index is 1.63. The minimum atomic E-state index is -0.830. The van der Waals surface area contributed by atoms with E-state index in [1.54, 1.807) is 42.5 Å². The molecular formula is C25H21NO6. The van der Waals surface area contributed by atoms with Crippen LogP contribution in [0, 0.1) is 0 Å². The van der Waals surface area contributed by atoms with E-state index in [1.807, 2.05) is 6.92 Å². The van der Waals surface area contributed by atoms with Crippen LogP contribution in [0.5, 0.6) is 11.5 Å². The number of aromatic hydroxyl groups is 1. The fourth-order valence-electron chi connectivity index (χ4n) is 4.34. The van der Waals surface area contributed by atoms with Crippen molar-refractivity contribution in [2.75, 3.05) is 0 Å². The first-order chi connectivity index (χ1) is 15.4. The number of fused-ring (bicyclic) bond motifs is 1. The first-order valence-corrected chi connectivity index (χ1v) is 10.3. The summed E-state index contributed by atoms with van der Waals surface area (Å²) in [6.45, 7) is 2.03. The van der Waals surface area contributed by atoms with Gasteiger partial charge in [0.2, 0.25) is 0 Å². The molecule has 3 aromatic rings. The van der Waals surface area contributed by atoms with Crippen molar-refractivity contribution < 1.29 is 29.0 Å². The van der Waals surface area contributed by atoms with Crippen LogP contribution in [0.3, 0.4) is 0 Å². The van der Waals surface area contributed by atoms with Gasteiger partial charge in [0.05, 0.1) is 24.4 Å². The van der Waals surface area contributed by atoms with Crippen molar-refractivity contribution in [3.05, 3.63) is 88.9 Å². The fraction of sp³-hybridized carbons (Fsp3) is 0.200. The van der Waals surface area contributed by atoms with Crippen molar-refractivity contribution in [2.24, 2.45) is 0 Å². The summed E-state index contributed by atoms with van der Waals surface area (Å²) in [5.74, 6) is -0.409. The monoisotopic (exact) mass is 431 g/mol. The molecule has 0 bridgehead atoms. The highest BCUT2D eigenvalue weighted by atomic mass is 16.5. The van der Waals surface area contributed by atoms with E-state index < -0.39 is 17.7 Å². The van der Waals surface area contributed by atoms with Gasteiger partial charge in [0, 0.05) is 12.0 Å². The molecule has 0 spiro atoms. The van der Waals surface area contributed by atoms with Gasteiger partial charge in [-0.15, -0.1) is 0 Å². The molecule has 32 heavy (non-hydrogen) atoms. The van der Waals surface area contributed by atoms with Crippen LogP contribution in [0.1, 0.15) is 35.4 Å². The van der Waals surface area contributed by atoms with Gasteiger partial charge in [-0.3, -0.25) is 9.59 Å². The Bertz CT molecular complexity index is 1230. The van der Waals surface area contributed by atoms with Gasteiger partial charge < -0.3 is 24.3 Å². The number of phenolic OH excluding ortho intramolecular Hbond substituents is 1. The predicted octanol–water partition coefficient (Wildman–Crippen LogP) is 3.93. The Labute approximate surface area is 184 Å². The second kappa shape index (κ2) is 7.60. The summed E-state index contributed by atoms with van der Waals surface area (Å²) >= 11 is 0. The second-order valence-electron chi connectivity index (χ2n) is 8.05. The normalized spacial score (nSPS) is 21.6. The fourth-order valence-corrected chi connectivity index (χ4v) is 4.34. The van der Waals surface area contributed by atoms with Crippen LogP contribution >= 0.6 is 0 Å². The Kier molecular flexibility index (Phi) is 4.74. The maximum Gasteiger partial charge on any atom is 0.296 e. The number of rotatable bonds is 4. The SMILES string of the molecule is CC1Cc2cc(/C(O)=C3/C(=O)C(=O)N(Cc4ccco4)C3c3ccc(O)cc3)ccc2O1. The molecule has 162 valence electrons. The van der Waals surface area contributed by atoms with Gasteiger partial charge in [-0.1, -0.05) is 12.1 Å². The molecule has 5 rings (SSSR count). The van der Waals surface area contributed by atoms with E-state index in [0.29, 0.717) is 23.3 Å². The summed E-state index contributed by atoms with van der Waals surface area (Å²) < 4.78 is 11.1. The molecule has 2 unspecified atom stereocenters. The molecule has 7 nitrogen and oxygen atoms in total. The van der Waals surface area contributed by atoms with E-state index >= 15 is 0 Å². The largest absolute Gasteiger partial charge is 0.508 e. The van der Waals surface area contributed by atoms with Gasteiger partial charge in [-0.2, -0.15) is 0 Å². The highest BCUT2D eigenvalue weighted by Crippen LogP contribution is 2.41. The van der Waals surface area contributed by atoms with E-state index in [0.717, 1.165) is 11.3 Å². The maximum atomic E-state index is 13.1. The number of aliphatic hydroxyl groups excluding tert-OH is 1. The third-order valence-electron chi connectivity index (χ3n) is 5.82. The van der Waals surface area contributed by atoms with Crippen LogP contribution < -0.4 is 4.74 Å². The molecular weight excluding hydrogens is 410 g/mol. The smallest absolute Gasteiger partial charge is 0.296 e. The van der Waals surface area contributed by atoms with Crippen LogP contribution in [0.4, 0.5) is 0 Å². The van der Waals surface area contributed by atoms with E-state index in [2.05, 4.69) is 0 Å². The summed E-state index contributed by atoms with van der Waals surface area (Å²) in [6.07, 6.45) is 2.23. The minimum absolute atomic E-state index is 0.000778. The molecule has 0 radical (unpaired) electrons. The van der Waals surface area contributed by atoms with E-state index in [-0.39, 0.29) is 29.7 Å². The zero-order valence-electron chi connectivity index (χ0n) is 17.3. The summed E-state index contributed by atoms with van der Waals surface area (Å²) in [6, 6.07) is 14.1. The number of Topliss-reactive ketones (excluding diaryl/α,β-unsaturated/α-hetero) is 1. The summed E-state index contributed by atoms with van der Waals surface area (Å²) in [5.41, 5.74) is 1.97. The van der Waals surface area contributed by atoms with Gasteiger partial charge in [0.1, 0.15) is 29.1 Å². The van der Waals surface area contributed by atoms with Crippen LogP contribution in [0.2, 0.25) is 0 Å². The van der Waals surface area contributed by atoms with E-state index in [1.165, 1.54) is 23.3 Å². The zero-order valence-corrected chi connectivity index (χ0v) is 17.3. The number of hydrogen-bond acceptors (Lipinski definition) is 6. The molecule has 2 atom stereocenters. The van der Waals surface area contributed by atoms with Gasteiger partial charge >= 0.3 is 0 Å². The average molecular weight is 431 g/mol. The highest BCUT2D eigenvalue weighted by molar-refractivity contribution is 6.46. The molecule has 2 aliphatic heterocycles. The van der Waals surface area contributed by atoms with Crippen LogP contribution in [0.25, 0.3) is 5.76 Å². The Hall–Kier alpha value is -4.00. The molecule has 1 fully saturated rings. The van der Waals surface area contributed by atoms with E-state index in [9.17, 15) is 19.8 Å². The zero-order chi connectivity index (χ0) is 22.4. The van der Waals surface area contributed by atoms with Crippen molar-refractivity contribution in [2.45, 2.75) is 32.0 Å². The first-order valence-electron chi connectivity index (χ1n) is 10.3. The standard InChI is InChI=1S/C25H21NO6/c1-14-11-17-12-16(6-9-20(17)32-14)23(28)21-22(15-4-7-18(27)8-5-15)26(25(30)24(21)29)13-19-3-2-10-31-19/h2-10,12,14,22,27-28H,11,13H2,1H3/b23-21-.